The SMILES string of the molecule is CC(C)c1cccc(C(C)C)c1NC(=O)COC(=O)C1COc2ccc(Cl)cc2C1. The fraction of sp³-hybridized carbons (Fsp3) is 0.417. The van der Waals surface area contributed by atoms with Crippen LogP contribution in [0.2, 0.25) is 5.02 Å². The topological polar surface area (TPSA) is 64.6 Å². The molecule has 6 heteroatoms. The van der Waals surface area contributed by atoms with Gasteiger partial charge in [0.25, 0.3) is 5.91 Å². The number of hydrogen-bond acceptors (Lipinski definition) is 4. The van der Waals surface area contributed by atoms with Crippen LogP contribution in [0.1, 0.15) is 56.2 Å². The summed E-state index contributed by atoms with van der Waals surface area (Å²) >= 11 is 6.03. The van der Waals surface area contributed by atoms with Gasteiger partial charge in [0.15, 0.2) is 6.61 Å². The number of ether oxygens (including phenoxy) is 2. The molecule has 1 unspecified atom stereocenters. The smallest absolute Gasteiger partial charge is 0.313 e. The molecule has 160 valence electrons. The van der Waals surface area contributed by atoms with Crippen LogP contribution in [0, 0.1) is 5.92 Å². The van der Waals surface area contributed by atoms with Gasteiger partial charge in [-0.2, -0.15) is 0 Å². The van der Waals surface area contributed by atoms with Crippen molar-refractivity contribution in [1.82, 2.24) is 0 Å². The largest absolute Gasteiger partial charge is 0.492 e. The summed E-state index contributed by atoms with van der Waals surface area (Å²) in [5.74, 6) is -0.0122. The predicted molar refractivity (Wildman–Crippen MR) is 118 cm³/mol. The number of anilines is 1. The first-order valence-electron chi connectivity index (χ1n) is 10.3. The molecule has 5 nitrogen and oxygen atoms in total. The molecule has 30 heavy (non-hydrogen) atoms. The molecule has 3 rings (SSSR count). The van der Waals surface area contributed by atoms with Crippen molar-refractivity contribution < 1.29 is 19.1 Å². The molecule has 1 heterocycles. The van der Waals surface area contributed by atoms with Crippen LogP contribution in [-0.4, -0.2) is 25.1 Å². The van der Waals surface area contributed by atoms with E-state index < -0.39 is 11.9 Å². The molecule has 0 bridgehead atoms. The quantitative estimate of drug-likeness (QED) is 0.631. The molecule has 2 aromatic rings. The number of fused-ring (bicyclic) bond motifs is 1. The number of esters is 1. The van der Waals surface area contributed by atoms with Gasteiger partial charge in [-0.1, -0.05) is 57.5 Å². The third kappa shape index (κ3) is 5.14. The maximum absolute atomic E-state index is 12.6. The third-order valence-corrected chi connectivity index (χ3v) is 5.48. The summed E-state index contributed by atoms with van der Waals surface area (Å²) in [6.45, 7) is 8.24. The normalized spacial score (nSPS) is 15.5. The second-order valence-electron chi connectivity index (χ2n) is 8.24. The summed E-state index contributed by atoms with van der Waals surface area (Å²) in [5.41, 5.74) is 3.81. The summed E-state index contributed by atoms with van der Waals surface area (Å²) in [5, 5.41) is 3.55. The van der Waals surface area contributed by atoms with E-state index in [1.54, 1.807) is 18.2 Å². The van der Waals surface area contributed by atoms with Crippen molar-refractivity contribution in [2.45, 2.75) is 46.0 Å². The van der Waals surface area contributed by atoms with Crippen molar-refractivity contribution in [2.24, 2.45) is 5.92 Å². The number of rotatable bonds is 6. The number of halogens is 1. The van der Waals surface area contributed by atoms with Gasteiger partial charge in [0.05, 0.1) is 5.92 Å². The summed E-state index contributed by atoms with van der Waals surface area (Å²) < 4.78 is 10.9. The summed E-state index contributed by atoms with van der Waals surface area (Å²) in [6.07, 6.45) is 0.476. The molecule has 2 aromatic carbocycles. The van der Waals surface area contributed by atoms with Crippen molar-refractivity contribution in [2.75, 3.05) is 18.5 Å². The Morgan fingerprint density at radius 2 is 1.80 bits per heavy atom. The highest BCUT2D eigenvalue weighted by molar-refractivity contribution is 6.30. The highest BCUT2D eigenvalue weighted by Crippen LogP contribution is 2.33. The number of hydrogen-bond donors (Lipinski definition) is 1. The Bertz CT molecular complexity index is 913. The lowest BCUT2D eigenvalue weighted by molar-refractivity contribution is -0.152. The molecule has 0 spiro atoms. The average molecular weight is 430 g/mol. The minimum Gasteiger partial charge on any atom is -0.492 e. The molecular weight excluding hydrogens is 402 g/mol. The molecule has 1 amide bonds. The van der Waals surface area contributed by atoms with Crippen LogP contribution in [0.15, 0.2) is 36.4 Å². The molecule has 1 N–H and O–H groups in total. The Morgan fingerprint density at radius 1 is 1.13 bits per heavy atom. The Balaban J connectivity index is 1.62. The summed E-state index contributed by atoms with van der Waals surface area (Å²) in [4.78, 5) is 25.0. The third-order valence-electron chi connectivity index (χ3n) is 5.25. The second-order valence-corrected chi connectivity index (χ2v) is 8.68. The van der Waals surface area contributed by atoms with E-state index >= 15 is 0 Å². The minimum absolute atomic E-state index is 0.225. The summed E-state index contributed by atoms with van der Waals surface area (Å²) in [7, 11) is 0. The molecule has 0 saturated heterocycles. The number of benzene rings is 2. The van der Waals surface area contributed by atoms with Crippen molar-refractivity contribution in [3.8, 4) is 5.75 Å². The maximum Gasteiger partial charge on any atom is 0.313 e. The molecule has 0 radical (unpaired) electrons. The number of para-hydroxylation sites is 1. The van der Waals surface area contributed by atoms with Crippen LogP contribution in [0.5, 0.6) is 5.75 Å². The van der Waals surface area contributed by atoms with Gasteiger partial charge in [0.2, 0.25) is 0 Å². The molecule has 1 atom stereocenters. The Kier molecular flexibility index (Phi) is 7.03. The van der Waals surface area contributed by atoms with E-state index in [9.17, 15) is 9.59 Å². The number of carbonyl (C=O) groups is 2. The van der Waals surface area contributed by atoms with Gasteiger partial charge in [0.1, 0.15) is 12.4 Å². The average Bonchev–Trinajstić information content (AvgIpc) is 2.71. The van der Waals surface area contributed by atoms with E-state index in [1.165, 1.54) is 0 Å². The Morgan fingerprint density at radius 3 is 2.43 bits per heavy atom. The number of nitrogens with one attached hydrogen (secondary N) is 1. The van der Waals surface area contributed by atoms with Crippen molar-refractivity contribution in [3.63, 3.8) is 0 Å². The lowest BCUT2D eigenvalue weighted by atomic mass is 9.92. The van der Waals surface area contributed by atoms with Crippen LogP contribution in [-0.2, 0) is 20.7 Å². The van der Waals surface area contributed by atoms with Crippen molar-refractivity contribution in [3.05, 3.63) is 58.1 Å². The number of carbonyl (C=O) groups excluding carboxylic acids is 2. The van der Waals surface area contributed by atoms with E-state index in [-0.39, 0.29) is 31.0 Å². The van der Waals surface area contributed by atoms with Crippen LogP contribution in [0.3, 0.4) is 0 Å². The van der Waals surface area contributed by atoms with Crippen LogP contribution >= 0.6 is 11.6 Å². The first-order chi connectivity index (χ1) is 14.3. The van der Waals surface area contributed by atoms with E-state index in [0.717, 1.165) is 28.1 Å². The van der Waals surface area contributed by atoms with Crippen LogP contribution < -0.4 is 10.1 Å². The van der Waals surface area contributed by atoms with Gasteiger partial charge in [-0.05, 0) is 53.1 Å². The highest BCUT2D eigenvalue weighted by atomic mass is 35.5. The zero-order chi connectivity index (χ0) is 21.8. The van der Waals surface area contributed by atoms with E-state index in [2.05, 4.69) is 33.0 Å². The molecule has 1 aliphatic rings. The van der Waals surface area contributed by atoms with Gasteiger partial charge in [-0.3, -0.25) is 9.59 Å². The first-order valence-corrected chi connectivity index (χ1v) is 10.6. The van der Waals surface area contributed by atoms with Gasteiger partial charge in [0, 0.05) is 10.7 Å². The zero-order valence-corrected chi connectivity index (χ0v) is 18.6. The Hall–Kier alpha value is -2.53. The zero-order valence-electron chi connectivity index (χ0n) is 17.8. The Labute approximate surface area is 182 Å². The van der Waals surface area contributed by atoms with Gasteiger partial charge < -0.3 is 14.8 Å². The van der Waals surface area contributed by atoms with Gasteiger partial charge in [-0.25, -0.2) is 0 Å². The minimum atomic E-state index is -0.460. The fourth-order valence-electron chi connectivity index (χ4n) is 3.64. The molecule has 0 saturated carbocycles. The van der Waals surface area contributed by atoms with E-state index in [4.69, 9.17) is 21.1 Å². The lowest BCUT2D eigenvalue weighted by Crippen LogP contribution is -2.32. The van der Waals surface area contributed by atoms with Crippen LogP contribution in [0.4, 0.5) is 5.69 Å². The van der Waals surface area contributed by atoms with Gasteiger partial charge in [-0.15, -0.1) is 0 Å². The van der Waals surface area contributed by atoms with Crippen molar-refractivity contribution in [1.29, 1.82) is 0 Å². The van der Waals surface area contributed by atoms with Gasteiger partial charge >= 0.3 is 5.97 Å². The fourth-order valence-corrected chi connectivity index (χ4v) is 3.83. The summed E-state index contributed by atoms with van der Waals surface area (Å²) in [6, 6.07) is 11.4. The number of amides is 1. The first kappa shape index (κ1) is 22.2. The standard InChI is InChI=1S/C24H28ClNO4/c1-14(2)19-6-5-7-20(15(3)4)23(19)26-22(27)13-30-24(28)17-10-16-11-18(25)8-9-21(16)29-12-17/h5-9,11,14-15,17H,10,12-13H2,1-4H3,(H,26,27). The van der Waals surface area contributed by atoms with E-state index in [1.807, 2.05) is 18.2 Å². The molecule has 0 aromatic heterocycles. The second kappa shape index (κ2) is 9.52. The molecule has 0 fully saturated rings. The monoisotopic (exact) mass is 429 g/mol. The molecule has 0 aliphatic carbocycles. The van der Waals surface area contributed by atoms with Crippen molar-refractivity contribution >= 4 is 29.2 Å². The maximum atomic E-state index is 12.6. The molecular formula is C24H28ClNO4. The predicted octanol–water partition coefficient (Wildman–Crippen LogP) is 5.32. The lowest BCUT2D eigenvalue weighted by Gasteiger charge is -2.24. The van der Waals surface area contributed by atoms with Crippen LogP contribution in [0.25, 0.3) is 0 Å². The van der Waals surface area contributed by atoms with E-state index in [0.29, 0.717) is 11.4 Å². The molecule has 1 aliphatic heterocycles. The highest BCUT2D eigenvalue weighted by Gasteiger charge is 2.28.